The maximum absolute atomic E-state index is 13.8. The molecule has 2 aliphatic carbocycles. The number of carbonyl (C=O) groups is 1. The quantitative estimate of drug-likeness (QED) is 0.487. The van der Waals surface area contributed by atoms with Gasteiger partial charge in [0.05, 0.1) is 29.7 Å². The van der Waals surface area contributed by atoms with Crippen LogP contribution in [0.15, 0.2) is 46.9 Å². The number of benzene rings is 1. The van der Waals surface area contributed by atoms with E-state index in [4.69, 9.17) is 10.5 Å². The highest BCUT2D eigenvalue weighted by molar-refractivity contribution is 7.16. The summed E-state index contributed by atoms with van der Waals surface area (Å²) < 4.78 is 5.61. The van der Waals surface area contributed by atoms with Crippen LogP contribution in [0.2, 0.25) is 0 Å². The van der Waals surface area contributed by atoms with Gasteiger partial charge < -0.3 is 10.5 Å². The molecule has 0 saturated heterocycles. The van der Waals surface area contributed by atoms with E-state index in [9.17, 15) is 15.3 Å². The fraction of sp³-hybridized carbons (Fsp3) is 0.433. The number of anilines is 1. The van der Waals surface area contributed by atoms with Crippen molar-refractivity contribution in [2.24, 2.45) is 11.1 Å². The molecule has 0 fully saturated rings. The van der Waals surface area contributed by atoms with Crippen LogP contribution in [0, 0.1) is 28.1 Å². The van der Waals surface area contributed by atoms with Crippen LogP contribution in [0.5, 0.6) is 5.75 Å². The Bertz CT molecular complexity index is 1400. The monoisotopic (exact) mass is 512 g/mol. The molecule has 37 heavy (non-hydrogen) atoms. The van der Waals surface area contributed by atoms with E-state index in [-0.39, 0.29) is 11.2 Å². The lowest BCUT2D eigenvalue weighted by molar-refractivity contribution is -0.118. The fourth-order valence-corrected chi connectivity index (χ4v) is 7.38. The zero-order valence-corrected chi connectivity index (χ0v) is 22.5. The van der Waals surface area contributed by atoms with Crippen molar-refractivity contribution >= 4 is 22.1 Å². The third-order valence-electron chi connectivity index (χ3n) is 7.62. The molecule has 190 valence electrons. The molecule has 1 aromatic carbocycles. The molecule has 3 aliphatic rings. The summed E-state index contributed by atoms with van der Waals surface area (Å²) in [5.74, 6) is 0.549. The molecule has 6 nitrogen and oxygen atoms in total. The third kappa shape index (κ3) is 4.32. The van der Waals surface area contributed by atoms with Gasteiger partial charge in [-0.3, -0.25) is 9.69 Å². The Morgan fingerprint density at radius 2 is 1.84 bits per heavy atom. The minimum Gasteiger partial charge on any atom is -0.494 e. The molecule has 2 heterocycles. The normalized spacial score (nSPS) is 21.1. The summed E-state index contributed by atoms with van der Waals surface area (Å²) in [6.07, 6.45) is 6.18. The highest BCUT2D eigenvalue weighted by Gasteiger charge is 2.45. The first-order valence-corrected chi connectivity index (χ1v) is 13.8. The summed E-state index contributed by atoms with van der Waals surface area (Å²) in [7, 11) is 0. The summed E-state index contributed by atoms with van der Waals surface area (Å²) in [5, 5.41) is 21.4. The maximum atomic E-state index is 13.8. The second-order valence-electron chi connectivity index (χ2n) is 10.8. The van der Waals surface area contributed by atoms with Gasteiger partial charge in [0.15, 0.2) is 5.78 Å². The van der Waals surface area contributed by atoms with Crippen molar-refractivity contribution in [3.8, 4) is 17.9 Å². The van der Waals surface area contributed by atoms with E-state index < -0.39 is 5.92 Å². The minimum atomic E-state index is -0.543. The number of allylic oxidation sites excluding steroid dienone is 3. The Balaban J connectivity index is 1.73. The summed E-state index contributed by atoms with van der Waals surface area (Å²) in [5.41, 5.74) is 11.0. The number of fused-ring (bicyclic) bond motifs is 1. The fourth-order valence-electron chi connectivity index (χ4n) is 6.00. The SMILES string of the molecule is CCOc1ccc([C@@H]2C(C#N)=C(N)N(c3sc4c(c3C#N)CCCCC4)C3=C2C(=O)CC(C)(C)C3)cc1. The number of aryl methyl sites for hydroxylation is 1. The highest BCUT2D eigenvalue weighted by atomic mass is 32.1. The molecule has 1 aromatic heterocycles. The van der Waals surface area contributed by atoms with Crippen LogP contribution in [0.1, 0.15) is 80.4 Å². The first-order chi connectivity index (χ1) is 17.8. The van der Waals surface area contributed by atoms with Crippen molar-refractivity contribution in [2.45, 2.75) is 71.6 Å². The number of rotatable bonds is 4. The van der Waals surface area contributed by atoms with Gasteiger partial charge in [0.1, 0.15) is 22.6 Å². The molecule has 0 unspecified atom stereocenters. The van der Waals surface area contributed by atoms with E-state index in [1.54, 1.807) is 11.3 Å². The summed E-state index contributed by atoms with van der Waals surface area (Å²) >= 11 is 1.60. The van der Waals surface area contributed by atoms with Crippen LogP contribution in [0.4, 0.5) is 5.00 Å². The van der Waals surface area contributed by atoms with Crippen LogP contribution in [-0.2, 0) is 17.6 Å². The molecule has 1 atom stereocenters. The van der Waals surface area contributed by atoms with Gasteiger partial charge in [-0.25, -0.2) is 0 Å². The number of hydrogen-bond acceptors (Lipinski definition) is 7. The molecule has 0 spiro atoms. The molecule has 0 bridgehead atoms. The summed E-state index contributed by atoms with van der Waals surface area (Å²) in [4.78, 5) is 16.9. The minimum absolute atomic E-state index is 0.0343. The molecule has 5 rings (SSSR count). The molecule has 0 amide bonds. The largest absolute Gasteiger partial charge is 0.494 e. The lowest BCUT2D eigenvalue weighted by Crippen LogP contribution is -2.42. The van der Waals surface area contributed by atoms with Crippen LogP contribution in [0.25, 0.3) is 0 Å². The molecule has 2 N–H and O–H groups in total. The van der Waals surface area contributed by atoms with Crippen molar-refractivity contribution in [3.63, 3.8) is 0 Å². The maximum Gasteiger partial charge on any atom is 0.162 e. The van der Waals surface area contributed by atoms with Gasteiger partial charge in [0.2, 0.25) is 0 Å². The molecular weight excluding hydrogens is 480 g/mol. The van der Waals surface area contributed by atoms with Gasteiger partial charge >= 0.3 is 0 Å². The van der Waals surface area contributed by atoms with E-state index in [2.05, 4.69) is 26.0 Å². The lowest BCUT2D eigenvalue weighted by atomic mass is 9.68. The lowest BCUT2D eigenvalue weighted by Gasteiger charge is -2.43. The first-order valence-electron chi connectivity index (χ1n) is 13.0. The van der Waals surface area contributed by atoms with Crippen LogP contribution in [0.3, 0.4) is 0 Å². The smallest absolute Gasteiger partial charge is 0.162 e. The van der Waals surface area contributed by atoms with Crippen molar-refractivity contribution in [1.82, 2.24) is 0 Å². The van der Waals surface area contributed by atoms with Crippen LogP contribution < -0.4 is 15.4 Å². The van der Waals surface area contributed by atoms with E-state index >= 15 is 0 Å². The number of Topliss-reactive ketones (excluding diaryl/α,β-unsaturated/α-hetero) is 1. The average molecular weight is 513 g/mol. The Morgan fingerprint density at radius 1 is 1.11 bits per heavy atom. The number of ketones is 1. The number of nitrogens with zero attached hydrogens (tertiary/aromatic N) is 3. The Morgan fingerprint density at radius 3 is 2.51 bits per heavy atom. The van der Waals surface area contributed by atoms with Gasteiger partial charge in [-0.05, 0) is 67.7 Å². The summed E-state index contributed by atoms with van der Waals surface area (Å²) in [6, 6.07) is 12.4. The number of nitriles is 2. The standard InChI is InChI=1S/C30H32N4O2S/c1-4-36-19-12-10-18(11-13-19)26-22(17-32)28(33)34(23-14-30(2,3)15-24(35)27(23)26)29-21(16-31)20-8-6-5-7-9-25(20)37-29/h10-13,26H,4-9,14-15,33H2,1-3H3/t26-/m1/s1. The van der Waals surface area contributed by atoms with E-state index in [0.717, 1.165) is 59.7 Å². The number of carbonyl (C=O) groups excluding carboxylic acids is 1. The molecule has 0 saturated carbocycles. The summed E-state index contributed by atoms with van der Waals surface area (Å²) in [6.45, 7) is 6.67. The van der Waals surface area contributed by atoms with Crippen LogP contribution in [-0.4, -0.2) is 12.4 Å². The molecular formula is C30H32N4O2S. The second-order valence-corrected chi connectivity index (χ2v) is 11.9. The Kier molecular flexibility index (Phi) is 6.60. The predicted molar refractivity (Wildman–Crippen MR) is 145 cm³/mol. The third-order valence-corrected chi connectivity index (χ3v) is 8.90. The zero-order valence-electron chi connectivity index (χ0n) is 21.7. The Labute approximate surface area is 222 Å². The number of hydrogen-bond donors (Lipinski definition) is 1. The average Bonchev–Trinajstić information content (AvgIpc) is 3.03. The molecule has 0 radical (unpaired) electrons. The van der Waals surface area contributed by atoms with Crippen molar-refractivity contribution < 1.29 is 9.53 Å². The van der Waals surface area contributed by atoms with Gasteiger partial charge in [0, 0.05) is 22.6 Å². The van der Waals surface area contributed by atoms with Crippen molar-refractivity contribution in [1.29, 1.82) is 10.5 Å². The first kappa shape index (κ1) is 25.1. The van der Waals surface area contributed by atoms with Gasteiger partial charge in [-0.2, -0.15) is 10.5 Å². The van der Waals surface area contributed by atoms with E-state index in [1.807, 2.05) is 36.1 Å². The number of ether oxygens (including phenoxy) is 1. The van der Waals surface area contributed by atoms with Gasteiger partial charge in [0.25, 0.3) is 0 Å². The van der Waals surface area contributed by atoms with E-state index in [0.29, 0.717) is 42.0 Å². The van der Waals surface area contributed by atoms with Crippen LogP contribution >= 0.6 is 11.3 Å². The van der Waals surface area contributed by atoms with Crippen molar-refractivity contribution in [3.05, 3.63) is 68.5 Å². The number of nitrogens with two attached hydrogens (primary N) is 1. The number of thiophene rings is 1. The van der Waals surface area contributed by atoms with E-state index in [1.165, 1.54) is 4.88 Å². The molecule has 7 heteroatoms. The highest BCUT2D eigenvalue weighted by Crippen LogP contribution is 2.52. The predicted octanol–water partition coefficient (Wildman–Crippen LogP) is 6.23. The molecule has 1 aliphatic heterocycles. The van der Waals surface area contributed by atoms with Gasteiger partial charge in [-0.1, -0.05) is 32.4 Å². The second kappa shape index (κ2) is 9.72. The topological polar surface area (TPSA) is 103 Å². The van der Waals surface area contributed by atoms with Gasteiger partial charge in [-0.15, -0.1) is 11.3 Å². The van der Waals surface area contributed by atoms with Crippen molar-refractivity contribution in [2.75, 3.05) is 11.5 Å². The molecule has 2 aromatic rings. The Hall–Kier alpha value is -3.55. The zero-order chi connectivity index (χ0) is 26.3.